The molecule has 1 heterocycles. The molecule has 1 aliphatic rings. The first-order valence-corrected chi connectivity index (χ1v) is 15.4. The van der Waals surface area contributed by atoms with Crippen molar-refractivity contribution in [2.45, 2.75) is 51.6 Å². The topological polar surface area (TPSA) is 9.23 Å². The highest BCUT2D eigenvalue weighted by atomic mass is 29.5. The highest BCUT2D eigenvalue weighted by Gasteiger charge is 2.36. The van der Waals surface area contributed by atoms with Crippen molar-refractivity contribution in [3.8, 4) is 0 Å². The van der Waals surface area contributed by atoms with E-state index in [2.05, 4.69) is 27.7 Å². The van der Waals surface area contributed by atoms with E-state index >= 15 is 0 Å². The van der Waals surface area contributed by atoms with Gasteiger partial charge in [-0.1, -0.05) is 40.5 Å². The van der Waals surface area contributed by atoms with Gasteiger partial charge in [-0.15, -0.1) is 0 Å². The predicted octanol–water partition coefficient (Wildman–Crippen LogP) is 1.12. The fourth-order valence-corrected chi connectivity index (χ4v) is 27.1. The fraction of sp³-hybridized carbons (Fsp3) is 1.00. The average molecular weight is 247 g/mol. The highest BCUT2D eigenvalue weighted by Crippen LogP contribution is 2.41. The maximum atomic E-state index is 5.67. The zero-order valence-electron chi connectivity index (χ0n) is 10.3. The molecule has 2 unspecified atom stereocenters. The van der Waals surface area contributed by atoms with Crippen LogP contribution in [0.25, 0.3) is 0 Å². The van der Waals surface area contributed by atoms with Gasteiger partial charge in [-0.05, 0) is 17.0 Å². The lowest BCUT2D eigenvalue weighted by Gasteiger charge is -2.40. The van der Waals surface area contributed by atoms with Crippen molar-refractivity contribution in [3.05, 3.63) is 0 Å². The zero-order valence-corrected chi connectivity index (χ0v) is 14.3. The van der Waals surface area contributed by atoms with Gasteiger partial charge in [0, 0.05) is 23.5 Å². The Balaban J connectivity index is 2.52. The Morgan fingerprint density at radius 1 is 1.50 bits per heavy atom. The molecule has 1 nitrogen and oxygen atoms in total. The van der Waals surface area contributed by atoms with Gasteiger partial charge in [0.2, 0.25) is 0 Å². The Bertz CT molecular complexity index is 167. The second kappa shape index (κ2) is 5.63. The van der Waals surface area contributed by atoms with Crippen molar-refractivity contribution >= 4 is 26.1 Å². The van der Waals surface area contributed by atoms with E-state index in [0.717, 1.165) is 17.6 Å². The Morgan fingerprint density at radius 2 is 2.21 bits per heavy atom. The lowest BCUT2D eigenvalue weighted by atomic mass is 9.92. The van der Waals surface area contributed by atoms with E-state index in [1.807, 2.05) is 0 Å². The maximum absolute atomic E-state index is 5.67. The van der Waals surface area contributed by atoms with Crippen LogP contribution < -0.4 is 0 Å². The van der Waals surface area contributed by atoms with Gasteiger partial charge >= 0.3 is 0 Å². The van der Waals surface area contributed by atoms with Crippen LogP contribution in [0.15, 0.2) is 0 Å². The SMILES string of the molecule is CCCC(C)C(C)(C)[SiH]1CCO[SiH2][SiH2]1. The van der Waals surface area contributed by atoms with Crippen LogP contribution in [0.4, 0.5) is 0 Å². The quantitative estimate of drug-likeness (QED) is 0.676. The van der Waals surface area contributed by atoms with Crippen molar-refractivity contribution in [2.24, 2.45) is 5.92 Å². The molecule has 4 heteroatoms. The van der Waals surface area contributed by atoms with Crippen molar-refractivity contribution in [1.29, 1.82) is 0 Å². The van der Waals surface area contributed by atoms with E-state index in [1.54, 1.807) is 0 Å². The molecule has 1 fully saturated rings. The third-order valence-corrected chi connectivity index (χ3v) is 25.8. The highest BCUT2D eigenvalue weighted by molar-refractivity contribution is 7.35. The van der Waals surface area contributed by atoms with Crippen molar-refractivity contribution in [2.75, 3.05) is 6.61 Å². The minimum atomic E-state index is -0.349. The lowest BCUT2D eigenvalue weighted by molar-refractivity contribution is 0.355. The lowest BCUT2D eigenvalue weighted by Crippen LogP contribution is -2.45. The largest absolute Gasteiger partial charge is 0.428 e. The monoisotopic (exact) mass is 246 g/mol. The van der Waals surface area contributed by atoms with Crippen LogP contribution in [0.1, 0.15) is 40.5 Å². The van der Waals surface area contributed by atoms with Gasteiger partial charge in [-0.3, -0.25) is 0 Å². The molecule has 0 aliphatic carbocycles. The van der Waals surface area contributed by atoms with Gasteiger partial charge in [0.25, 0.3) is 0 Å². The summed E-state index contributed by atoms with van der Waals surface area (Å²) < 4.78 is 5.67. The van der Waals surface area contributed by atoms with E-state index in [4.69, 9.17) is 4.43 Å². The molecule has 1 saturated heterocycles. The fourth-order valence-electron chi connectivity index (χ4n) is 2.65. The third-order valence-electron chi connectivity index (χ3n) is 4.27. The summed E-state index contributed by atoms with van der Waals surface area (Å²) >= 11 is 0. The first-order valence-electron chi connectivity index (χ1n) is 6.16. The summed E-state index contributed by atoms with van der Waals surface area (Å²) in [7, 11) is 0.000928. The van der Waals surface area contributed by atoms with E-state index in [1.165, 1.54) is 18.9 Å². The van der Waals surface area contributed by atoms with Crippen LogP contribution in [-0.2, 0) is 4.43 Å². The van der Waals surface area contributed by atoms with Gasteiger partial charge in [0.1, 0.15) is 9.28 Å². The Morgan fingerprint density at radius 3 is 2.71 bits per heavy atom. The number of rotatable bonds is 4. The molecule has 14 heavy (non-hydrogen) atoms. The number of hydrogen-bond acceptors (Lipinski definition) is 1. The normalized spacial score (nSPS) is 29.6. The Labute approximate surface area is 95.0 Å². The summed E-state index contributed by atoms with van der Waals surface area (Å²) in [5.41, 5.74) is 0. The van der Waals surface area contributed by atoms with Crippen LogP contribution in [0.2, 0.25) is 11.1 Å². The first-order chi connectivity index (χ1) is 6.59. The van der Waals surface area contributed by atoms with Crippen LogP contribution in [0.5, 0.6) is 0 Å². The molecule has 0 bridgehead atoms. The second-order valence-corrected chi connectivity index (χ2v) is 21.4. The van der Waals surface area contributed by atoms with Crippen molar-refractivity contribution in [3.63, 3.8) is 0 Å². The summed E-state index contributed by atoms with van der Waals surface area (Å²) in [4.78, 5) is 0. The molecule has 0 spiro atoms. The molecule has 0 N–H and O–H groups in total. The Hall–Kier alpha value is 0.611. The van der Waals surface area contributed by atoms with Crippen LogP contribution in [-0.4, -0.2) is 32.8 Å². The summed E-state index contributed by atoms with van der Waals surface area (Å²) in [6, 6.07) is 1.50. The van der Waals surface area contributed by atoms with E-state index < -0.39 is 0 Å². The molecule has 0 amide bonds. The molecule has 0 saturated carbocycles. The summed E-state index contributed by atoms with van der Waals surface area (Å²) in [6.45, 7) is 11.1. The minimum Gasteiger partial charge on any atom is -0.428 e. The van der Waals surface area contributed by atoms with Gasteiger partial charge in [0.05, 0.1) is 0 Å². The van der Waals surface area contributed by atoms with Gasteiger partial charge < -0.3 is 4.43 Å². The molecule has 1 rings (SSSR count). The zero-order chi connectivity index (χ0) is 10.6. The third kappa shape index (κ3) is 3.05. The van der Waals surface area contributed by atoms with Crippen molar-refractivity contribution < 1.29 is 4.43 Å². The molecular weight excluding hydrogens is 220 g/mol. The van der Waals surface area contributed by atoms with E-state index in [9.17, 15) is 0 Å². The van der Waals surface area contributed by atoms with Crippen molar-refractivity contribution in [1.82, 2.24) is 0 Å². The maximum Gasteiger partial charge on any atom is 0.140 e. The smallest absolute Gasteiger partial charge is 0.140 e. The molecule has 84 valence electrons. The molecule has 1 aliphatic heterocycles. The molecule has 0 aromatic rings. The molecule has 0 aromatic carbocycles. The second-order valence-electron chi connectivity index (χ2n) is 5.40. The standard InChI is InChI=1S/C10H26OSi3/c1-5-6-9(2)10(3,4)14-8-7-11-12-13-14/h9,14H,5-8,12-13H2,1-4H3. The van der Waals surface area contributed by atoms with Crippen LogP contribution in [0.3, 0.4) is 0 Å². The summed E-state index contributed by atoms with van der Waals surface area (Å²) in [5, 5.41) is 0.735. The Kier molecular flexibility index (Phi) is 5.10. The predicted molar refractivity (Wildman–Crippen MR) is 73.1 cm³/mol. The average Bonchev–Trinajstić information content (AvgIpc) is 2.19. The summed E-state index contributed by atoms with van der Waals surface area (Å²) in [6.07, 6.45) is 2.80. The van der Waals surface area contributed by atoms with Gasteiger partial charge in [-0.2, -0.15) is 0 Å². The molecule has 0 aromatic heterocycles. The van der Waals surface area contributed by atoms with Crippen LogP contribution >= 0.6 is 0 Å². The molecule has 0 radical (unpaired) electrons. The number of hydrogen-bond donors (Lipinski definition) is 0. The minimum absolute atomic E-state index is 0.0359. The van der Waals surface area contributed by atoms with E-state index in [-0.39, 0.29) is 17.6 Å². The van der Waals surface area contributed by atoms with Crippen LogP contribution in [0, 0.1) is 5.92 Å². The van der Waals surface area contributed by atoms with E-state index in [0.29, 0.717) is 8.55 Å². The molecular formula is C10H26OSi3. The van der Waals surface area contributed by atoms with Gasteiger partial charge in [0.15, 0.2) is 0 Å². The first kappa shape index (κ1) is 12.7. The molecule has 2 atom stereocenters. The van der Waals surface area contributed by atoms with Gasteiger partial charge in [-0.25, -0.2) is 0 Å². The summed E-state index contributed by atoms with van der Waals surface area (Å²) in [5.74, 6) is 0.962.